The first-order valence-corrected chi connectivity index (χ1v) is 24.7. The summed E-state index contributed by atoms with van der Waals surface area (Å²) in [5.41, 5.74) is 0. The third kappa shape index (κ3) is 43.5. The van der Waals surface area contributed by atoms with Gasteiger partial charge in [0.2, 0.25) is 0 Å². The lowest BCUT2D eigenvalue weighted by molar-refractivity contribution is -0.167. The SMILES string of the molecule is CCCCCCCCCCCCCCCCC(=O)OC[C@H](COC(=O)CCCCCCCCCCCCC(C)C)OC(=O)CCCCCCCCCCC(C)C. The van der Waals surface area contributed by atoms with Crippen LogP contribution in [0.3, 0.4) is 0 Å². The maximum absolute atomic E-state index is 12.7. The van der Waals surface area contributed by atoms with Gasteiger partial charge in [-0.05, 0) is 31.1 Å². The number of esters is 3. The van der Waals surface area contributed by atoms with E-state index in [1.54, 1.807) is 0 Å². The number of carbonyl (C=O) groups is 3. The maximum Gasteiger partial charge on any atom is 0.306 e. The third-order valence-electron chi connectivity index (χ3n) is 11.2. The zero-order chi connectivity index (χ0) is 41.2. The van der Waals surface area contributed by atoms with E-state index in [0.29, 0.717) is 19.3 Å². The van der Waals surface area contributed by atoms with Gasteiger partial charge >= 0.3 is 17.9 Å². The quantitative estimate of drug-likeness (QED) is 0.0347. The van der Waals surface area contributed by atoms with Crippen molar-refractivity contribution in [1.29, 1.82) is 0 Å². The molecule has 0 aromatic carbocycles. The minimum absolute atomic E-state index is 0.0645. The molecule has 0 amide bonds. The van der Waals surface area contributed by atoms with Crippen LogP contribution < -0.4 is 0 Å². The summed E-state index contributed by atoms with van der Waals surface area (Å²) in [4.78, 5) is 37.8. The number of carbonyl (C=O) groups excluding carboxylic acids is 3. The molecule has 6 nitrogen and oxygen atoms in total. The molecule has 0 aromatic heterocycles. The minimum Gasteiger partial charge on any atom is -0.462 e. The zero-order valence-electron chi connectivity index (χ0n) is 38.3. The second-order valence-electron chi connectivity index (χ2n) is 18.1. The number of hydrogen-bond acceptors (Lipinski definition) is 6. The summed E-state index contributed by atoms with van der Waals surface area (Å²) in [6.45, 7) is 11.3. The van der Waals surface area contributed by atoms with Crippen molar-refractivity contribution in [3.63, 3.8) is 0 Å². The molecule has 56 heavy (non-hydrogen) atoms. The predicted molar refractivity (Wildman–Crippen MR) is 238 cm³/mol. The molecule has 0 fully saturated rings. The Labute approximate surface area is 348 Å². The van der Waals surface area contributed by atoms with Crippen LogP contribution in [-0.4, -0.2) is 37.2 Å². The fraction of sp³-hybridized carbons (Fsp3) is 0.940. The molecule has 0 saturated heterocycles. The Morgan fingerprint density at radius 3 is 0.875 bits per heavy atom. The molecule has 0 aromatic rings. The molecule has 6 heteroatoms. The van der Waals surface area contributed by atoms with Crippen molar-refractivity contribution >= 4 is 17.9 Å². The Morgan fingerprint density at radius 1 is 0.339 bits per heavy atom. The van der Waals surface area contributed by atoms with E-state index in [-0.39, 0.29) is 31.1 Å². The van der Waals surface area contributed by atoms with Crippen LogP contribution in [0.5, 0.6) is 0 Å². The van der Waals surface area contributed by atoms with Crippen molar-refractivity contribution in [2.24, 2.45) is 11.8 Å². The first-order chi connectivity index (χ1) is 27.2. The molecule has 0 N–H and O–H groups in total. The molecule has 0 rings (SSSR count). The van der Waals surface area contributed by atoms with Gasteiger partial charge in [-0.1, -0.05) is 234 Å². The van der Waals surface area contributed by atoms with E-state index in [1.165, 1.54) is 161 Å². The van der Waals surface area contributed by atoms with E-state index in [0.717, 1.165) is 69.6 Å². The first-order valence-electron chi connectivity index (χ1n) is 24.7. The number of unbranched alkanes of at least 4 members (excludes halogenated alkanes) is 29. The Morgan fingerprint density at radius 2 is 0.589 bits per heavy atom. The standard InChI is InChI=1S/C50H96O6/c1-6-7-8-9-10-11-12-13-14-15-19-25-30-35-40-48(51)54-43-47(56-50(53)42-37-32-27-22-21-24-29-34-39-46(4)5)44-55-49(52)41-36-31-26-20-17-16-18-23-28-33-38-45(2)3/h45-47H,6-44H2,1-5H3/t47-/m1/s1. The van der Waals surface area contributed by atoms with E-state index in [2.05, 4.69) is 34.6 Å². The van der Waals surface area contributed by atoms with E-state index in [1.807, 2.05) is 0 Å². The van der Waals surface area contributed by atoms with Gasteiger partial charge in [0, 0.05) is 19.3 Å². The lowest BCUT2D eigenvalue weighted by Crippen LogP contribution is -2.30. The third-order valence-corrected chi connectivity index (χ3v) is 11.2. The van der Waals surface area contributed by atoms with Crippen LogP contribution >= 0.6 is 0 Å². The summed E-state index contributed by atoms with van der Waals surface area (Å²) in [7, 11) is 0. The van der Waals surface area contributed by atoms with Crippen LogP contribution in [0, 0.1) is 11.8 Å². The minimum atomic E-state index is -0.761. The second-order valence-corrected chi connectivity index (χ2v) is 18.1. The number of rotatable bonds is 44. The molecule has 0 aliphatic rings. The molecular formula is C50H96O6. The predicted octanol–water partition coefficient (Wildman–Crippen LogP) is 15.8. The Hall–Kier alpha value is -1.59. The molecule has 0 aliphatic carbocycles. The number of ether oxygens (including phenoxy) is 3. The topological polar surface area (TPSA) is 78.9 Å². The summed E-state index contributed by atoms with van der Waals surface area (Å²) in [5.74, 6) is 0.758. The average molecular weight is 793 g/mol. The highest BCUT2D eigenvalue weighted by Gasteiger charge is 2.19. The monoisotopic (exact) mass is 793 g/mol. The summed E-state index contributed by atoms with van der Waals surface area (Å²) in [6, 6.07) is 0. The average Bonchev–Trinajstić information content (AvgIpc) is 3.16. The normalized spacial score (nSPS) is 12.1. The van der Waals surface area contributed by atoms with Gasteiger partial charge in [0.25, 0.3) is 0 Å². The van der Waals surface area contributed by atoms with E-state index in [9.17, 15) is 14.4 Å². The van der Waals surface area contributed by atoms with E-state index in [4.69, 9.17) is 14.2 Å². The van der Waals surface area contributed by atoms with Crippen molar-refractivity contribution in [2.45, 2.75) is 278 Å². The fourth-order valence-corrected chi connectivity index (χ4v) is 7.46. The van der Waals surface area contributed by atoms with Crippen LogP contribution in [0.4, 0.5) is 0 Å². The van der Waals surface area contributed by atoms with Crippen LogP contribution in [-0.2, 0) is 28.6 Å². The van der Waals surface area contributed by atoms with E-state index < -0.39 is 6.10 Å². The van der Waals surface area contributed by atoms with Gasteiger partial charge in [0.1, 0.15) is 13.2 Å². The Balaban J connectivity index is 4.31. The highest BCUT2D eigenvalue weighted by atomic mass is 16.6. The van der Waals surface area contributed by atoms with Crippen molar-refractivity contribution in [3.8, 4) is 0 Å². The molecule has 0 radical (unpaired) electrons. The van der Waals surface area contributed by atoms with Crippen molar-refractivity contribution < 1.29 is 28.6 Å². The molecule has 0 unspecified atom stereocenters. The van der Waals surface area contributed by atoms with Gasteiger partial charge in [-0.3, -0.25) is 14.4 Å². The van der Waals surface area contributed by atoms with Crippen molar-refractivity contribution in [2.75, 3.05) is 13.2 Å². The first kappa shape index (κ1) is 54.4. The van der Waals surface area contributed by atoms with Crippen molar-refractivity contribution in [3.05, 3.63) is 0 Å². The summed E-state index contributed by atoms with van der Waals surface area (Å²) in [6.07, 6.45) is 42.3. The Kier molecular flexibility index (Phi) is 41.8. The zero-order valence-corrected chi connectivity index (χ0v) is 38.3. The second kappa shape index (κ2) is 43.0. The lowest BCUT2D eigenvalue weighted by Gasteiger charge is -2.18. The fourth-order valence-electron chi connectivity index (χ4n) is 7.46. The number of hydrogen-bond donors (Lipinski definition) is 0. The largest absolute Gasteiger partial charge is 0.462 e. The van der Waals surface area contributed by atoms with Crippen LogP contribution in [0.15, 0.2) is 0 Å². The maximum atomic E-state index is 12.7. The highest BCUT2D eigenvalue weighted by molar-refractivity contribution is 5.71. The molecule has 0 saturated carbocycles. The summed E-state index contributed by atoms with van der Waals surface area (Å²) < 4.78 is 16.8. The molecule has 0 aliphatic heterocycles. The van der Waals surface area contributed by atoms with Gasteiger partial charge in [0.15, 0.2) is 6.10 Å². The van der Waals surface area contributed by atoms with Crippen LogP contribution in [0.1, 0.15) is 272 Å². The van der Waals surface area contributed by atoms with Crippen LogP contribution in [0.2, 0.25) is 0 Å². The van der Waals surface area contributed by atoms with Crippen molar-refractivity contribution in [1.82, 2.24) is 0 Å². The van der Waals surface area contributed by atoms with Crippen LogP contribution in [0.25, 0.3) is 0 Å². The molecule has 332 valence electrons. The molecule has 0 bridgehead atoms. The molecule has 0 heterocycles. The van der Waals surface area contributed by atoms with Gasteiger partial charge < -0.3 is 14.2 Å². The van der Waals surface area contributed by atoms with E-state index >= 15 is 0 Å². The highest BCUT2D eigenvalue weighted by Crippen LogP contribution is 2.17. The van der Waals surface area contributed by atoms with Gasteiger partial charge in [-0.2, -0.15) is 0 Å². The Bertz CT molecular complexity index is 854. The molecule has 0 spiro atoms. The lowest BCUT2D eigenvalue weighted by atomic mass is 10.0. The van der Waals surface area contributed by atoms with Gasteiger partial charge in [-0.25, -0.2) is 0 Å². The smallest absolute Gasteiger partial charge is 0.306 e. The van der Waals surface area contributed by atoms with Gasteiger partial charge in [0.05, 0.1) is 0 Å². The summed E-state index contributed by atoms with van der Waals surface area (Å²) >= 11 is 0. The summed E-state index contributed by atoms with van der Waals surface area (Å²) in [5, 5.41) is 0. The molecule has 1 atom stereocenters. The van der Waals surface area contributed by atoms with Gasteiger partial charge in [-0.15, -0.1) is 0 Å². The molecular weight excluding hydrogens is 697 g/mol.